The highest BCUT2D eigenvalue weighted by Crippen LogP contribution is 2.49. The molecule has 17 heavy (non-hydrogen) atoms. The minimum absolute atomic E-state index is 0.186. The minimum Gasteiger partial charge on any atom is -0.341 e. The molecule has 3 aliphatic rings. The van der Waals surface area contributed by atoms with Gasteiger partial charge in [-0.05, 0) is 43.4 Å². The van der Waals surface area contributed by atoms with Gasteiger partial charge in [0.2, 0.25) is 5.91 Å². The minimum atomic E-state index is 0.186. The van der Waals surface area contributed by atoms with Crippen LogP contribution in [0.3, 0.4) is 0 Å². The maximum atomic E-state index is 12.5. The summed E-state index contributed by atoms with van der Waals surface area (Å²) >= 11 is 0. The molecule has 2 aliphatic carbocycles. The van der Waals surface area contributed by atoms with Crippen molar-refractivity contribution >= 4 is 5.91 Å². The molecule has 2 N–H and O–H groups in total. The third kappa shape index (κ3) is 1.99. The average molecular weight is 236 g/mol. The zero-order chi connectivity index (χ0) is 12.0. The zero-order valence-corrected chi connectivity index (χ0v) is 10.8. The number of likely N-dealkylation sites (tertiary alicyclic amines) is 1. The van der Waals surface area contributed by atoms with Gasteiger partial charge in [-0.25, -0.2) is 0 Å². The third-order valence-electron chi connectivity index (χ3n) is 5.38. The van der Waals surface area contributed by atoms with Gasteiger partial charge in [-0.15, -0.1) is 0 Å². The molecule has 5 atom stereocenters. The molecule has 5 unspecified atom stereocenters. The SMILES string of the molecule is CC1CCN(C(=O)C2CC3CCC2C3)CC1N. The Labute approximate surface area is 104 Å². The molecule has 96 valence electrons. The Hall–Kier alpha value is -0.570. The molecule has 3 nitrogen and oxygen atoms in total. The van der Waals surface area contributed by atoms with Crippen molar-refractivity contribution in [1.29, 1.82) is 0 Å². The molecule has 1 heterocycles. The quantitative estimate of drug-likeness (QED) is 0.752. The van der Waals surface area contributed by atoms with Crippen LogP contribution in [-0.4, -0.2) is 29.9 Å². The van der Waals surface area contributed by atoms with E-state index in [9.17, 15) is 4.79 Å². The number of hydrogen-bond donors (Lipinski definition) is 1. The number of amides is 1. The first-order chi connectivity index (χ1) is 8.15. The van der Waals surface area contributed by atoms with E-state index >= 15 is 0 Å². The number of hydrogen-bond acceptors (Lipinski definition) is 2. The van der Waals surface area contributed by atoms with Crippen LogP contribution in [0, 0.1) is 23.7 Å². The van der Waals surface area contributed by atoms with Crippen molar-refractivity contribution in [2.75, 3.05) is 13.1 Å². The monoisotopic (exact) mass is 236 g/mol. The summed E-state index contributed by atoms with van der Waals surface area (Å²) in [6.45, 7) is 3.92. The average Bonchev–Trinajstić information content (AvgIpc) is 2.93. The second-order valence-corrected chi connectivity index (χ2v) is 6.50. The third-order valence-corrected chi connectivity index (χ3v) is 5.38. The summed E-state index contributed by atoms with van der Waals surface area (Å²) in [5, 5.41) is 0. The van der Waals surface area contributed by atoms with E-state index in [0.717, 1.165) is 31.8 Å². The van der Waals surface area contributed by atoms with Crippen LogP contribution in [0.15, 0.2) is 0 Å². The van der Waals surface area contributed by atoms with E-state index in [4.69, 9.17) is 5.73 Å². The number of fused-ring (bicyclic) bond motifs is 2. The predicted molar refractivity (Wildman–Crippen MR) is 67.3 cm³/mol. The van der Waals surface area contributed by atoms with Crippen molar-refractivity contribution in [2.45, 2.75) is 45.1 Å². The Morgan fingerprint density at radius 3 is 2.65 bits per heavy atom. The fourth-order valence-electron chi connectivity index (χ4n) is 4.08. The molecule has 0 aromatic rings. The van der Waals surface area contributed by atoms with Crippen LogP contribution in [0.25, 0.3) is 0 Å². The van der Waals surface area contributed by atoms with Crippen LogP contribution >= 0.6 is 0 Å². The zero-order valence-electron chi connectivity index (χ0n) is 10.8. The van der Waals surface area contributed by atoms with Gasteiger partial charge >= 0.3 is 0 Å². The Bertz CT molecular complexity index is 317. The van der Waals surface area contributed by atoms with E-state index in [2.05, 4.69) is 11.8 Å². The van der Waals surface area contributed by atoms with Crippen LogP contribution in [0.1, 0.15) is 39.0 Å². The van der Waals surface area contributed by atoms with Gasteiger partial charge in [0.15, 0.2) is 0 Å². The van der Waals surface area contributed by atoms with Crippen molar-refractivity contribution < 1.29 is 4.79 Å². The van der Waals surface area contributed by atoms with Gasteiger partial charge in [0.05, 0.1) is 0 Å². The molecule has 1 aliphatic heterocycles. The first-order valence-electron chi connectivity index (χ1n) is 7.19. The summed E-state index contributed by atoms with van der Waals surface area (Å²) in [5.74, 6) is 2.88. The second-order valence-electron chi connectivity index (χ2n) is 6.50. The van der Waals surface area contributed by atoms with Crippen molar-refractivity contribution in [1.82, 2.24) is 4.90 Å². The topological polar surface area (TPSA) is 46.3 Å². The van der Waals surface area contributed by atoms with Crippen LogP contribution in [0.5, 0.6) is 0 Å². The van der Waals surface area contributed by atoms with Crippen molar-refractivity contribution in [3.8, 4) is 0 Å². The van der Waals surface area contributed by atoms with Crippen molar-refractivity contribution in [3.05, 3.63) is 0 Å². The molecule has 1 saturated heterocycles. The molecule has 3 heteroatoms. The first kappa shape index (κ1) is 11.5. The first-order valence-corrected chi connectivity index (χ1v) is 7.19. The lowest BCUT2D eigenvalue weighted by atomic mass is 9.86. The second kappa shape index (κ2) is 4.27. The molecule has 2 saturated carbocycles. The number of carbonyl (C=O) groups excluding carboxylic acids is 1. The highest BCUT2D eigenvalue weighted by Gasteiger charge is 2.44. The Kier molecular flexibility index (Phi) is 2.89. The molecule has 1 amide bonds. The Morgan fingerprint density at radius 2 is 2.06 bits per heavy atom. The van der Waals surface area contributed by atoms with Gasteiger partial charge in [-0.2, -0.15) is 0 Å². The van der Waals surface area contributed by atoms with Crippen molar-refractivity contribution in [2.24, 2.45) is 29.4 Å². The van der Waals surface area contributed by atoms with Crippen LogP contribution in [-0.2, 0) is 4.79 Å². The van der Waals surface area contributed by atoms with E-state index in [0.29, 0.717) is 23.7 Å². The fraction of sp³-hybridized carbons (Fsp3) is 0.929. The summed E-state index contributed by atoms with van der Waals surface area (Å²) in [6, 6.07) is 0.186. The van der Waals surface area contributed by atoms with E-state index in [1.807, 2.05) is 0 Å². The van der Waals surface area contributed by atoms with Crippen LogP contribution in [0.4, 0.5) is 0 Å². The molecule has 3 rings (SSSR count). The highest BCUT2D eigenvalue weighted by atomic mass is 16.2. The molecule has 0 aromatic heterocycles. The number of piperidine rings is 1. The lowest BCUT2D eigenvalue weighted by Gasteiger charge is -2.37. The maximum Gasteiger partial charge on any atom is 0.226 e. The Morgan fingerprint density at radius 1 is 1.24 bits per heavy atom. The maximum absolute atomic E-state index is 12.5. The summed E-state index contributed by atoms with van der Waals surface area (Å²) in [7, 11) is 0. The lowest BCUT2D eigenvalue weighted by molar-refractivity contribution is -0.139. The number of carbonyl (C=O) groups is 1. The van der Waals surface area contributed by atoms with E-state index in [-0.39, 0.29) is 6.04 Å². The van der Waals surface area contributed by atoms with Gasteiger partial charge in [0.25, 0.3) is 0 Å². The lowest BCUT2D eigenvalue weighted by Crippen LogP contribution is -2.51. The Balaban J connectivity index is 1.63. The molecule has 0 radical (unpaired) electrons. The van der Waals surface area contributed by atoms with Gasteiger partial charge in [0.1, 0.15) is 0 Å². The summed E-state index contributed by atoms with van der Waals surface area (Å²) in [5.41, 5.74) is 6.09. The van der Waals surface area contributed by atoms with Gasteiger partial charge < -0.3 is 10.6 Å². The van der Waals surface area contributed by atoms with Gasteiger partial charge in [0, 0.05) is 25.0 Å². The van der Waals surface area contributed by atoms with Gasteiger partial charge in [-0.3, -0.25) is 4.79 Å². The van der Waals surface area contributed by atoms with Crippen molar-refractivity contribution in [3.63, 3.8) is 0 Å². The normalized spacial score (nSPS) is 45.3. The molecular formula is C14H24N2O. The fourth-order valence-corrected chi connectivity index (χ4v) is 4.08. The summed E-state index contributed by atoms with van der Waals surface area (Å²) in [6.07, 6.45) is 6.20. The predicted octanol–water partition coefficient (Wildman–Crippen LogP) is 1.62. The van der Waals surface area contributed by atoms with E-state index < -0.39 is 0 Å². The van der Waals surface area contributed by atoms with Crippen LogP contribution < -0.4 is 5.73 Å². The number of nitrogens with two attached hydrogens (primary N) is 1. The molecule has 0 spiro atoms. The highest BCUT2D eigenvalue weighted by molar-refractivity contribution is 5.79. The largest absolute Gasteiger partial charge is 0.341 e. The summed E-state index contributed by atoms with van der Waals surface area (Å²) in [4.78, 5) is 14.6. The molecule has 3 fully saturated rings. The smallest absolute Gasteiger partial charge is 0.226 e. The standard InChI is InChI=1S/C14H24N2O/c1-9-4-5-16(8-13(9)15)14(17)12-7-10-2-3-11(12)6-10/h9-13H,2-8,15H2,1H3. The molecule has 0 aromatic carbocycles. The van der Waals surface area contributed by atoms with Gasteiger partial charge in [-0.1, -0.05) is 13.3 Å². The number of nitrogens with zero attached hydrogens (tertiary/aromatic N) is 1. The summed E-state index contributed by atoms with van der Waals surface area (Å²) < 4.78 is 0. The molecular weight excluding hydrogens is 212 g/mol. The molecule has 2 bridgehead atoms. The van der Waals surface area contributed by atoms with E-state index in [1.54, 1.807) is 0 Å². The van der Waals surface area contributed by atoms with Crippen LogP contribution in [0.2, 0.25) is 0 Å². The number of rotatable bonds is 1. The van der Waals surface area contributed by atoms with E-state index in [1.165, 1.54) is 19.3 Å².